The largest absolute Gasteiger partial charge is 0.478 e. The monoisotopic (exact) mass is 464 g/mol. The minimum atomic E-state index is -0.500. The summed E-state index contributed by atoms with van der Waals surface area (Å²) < 4.78 is 5.86. The van der Waals surface area contributed by atoms with Crippen LogP contribution >= 0.6 is 0 Å². The van der Waals surface area contributed by atoms with Gasteiger partial charge in [-0.05, 0) is 70.1 Å². The highest BCUT2D eigenvalue weighted by molar-refractivity contribution is 5.98. The quantitative estimate of drug-likeness (QED) is 0.494. The van der Waals surface area contributed by atoms with Gasteiger partial charge in [-0.1, -0.05) is 12.1 Å². The number of anilines is 2. The van der Waals surface area contributed by atoms with Gasteiger partial charge < -0.3 is 25.2 Å². The number of ether oxygens (including phenoxy) is 1. The molecule has 1 aliphatic heterocycles. The number of rotatable bonds is 11. The molecule has 7 heteroatoms. The topological polar surface area (TPSA) is 73.9 Å². The number of benzene rings is 2. The van der Waals surface area contributed by atoms with Crippen molar-refractivity contribution >= 4 is 23.2 Å². The lowest BCUT2D eigenvalue weighted by atomic mass is 10.0. The molecule has 0 aromatic heterocycles. The Morgan fingerprint density at radius 3 is 2.59 bits per heavy atom. The molecule has 1 aliphatic rings. The van der Waals surface area contributed by atoms with Crippen molar-refractivity contribution in [3.8, 4) is 5.75 Å². The minimum Gasteiger partial charge on any atom is -0.478 e. The second-order valence-electron chi connectivity index (χ2n) is 8.60. The van der Waals surface area contributed by atoms with Crippen LogP contribution in [0.4, 0.5) is 11.4 Å². The fraction of sp³-hybridized carbons (Fsp3) is 0.407. The summed E-state index contributed by atoms with van der Waals surface area (Å²) in [6.07, 6.45) is 2.03. The third-order valence-electron chi connectivity index (χ3n) is 5.93. The van der Waals surface area contributed by atoms with Gasteiger partial charge in [0.25, 0.3) is 11.8 Å². The van der Waals surface area contributed by atoms with E-state index >= 15 is 0 Å². The van der Waals surface area contributed by atoms with Crippen LogP contribution in [-0.4, -0.2) is 56.0 Å². The van der Waals surface area contributed by atoms with Gasteiger partial charge in [0.05, 0.1) is 5.69 Å². The summed E-state index contributed by atoms with van der Waals surface area (Å²) in [4.78, 5) is 28.7. The Balaban J connectivity index is 1.64. The van der Waals surface area contributed by atoms with E-state index in [9.17, 15) is 9.59 Å². The van der Waals surface area contributed by atoms with Gasteiger partial charge in [-0.15, -0.1) is 6.58 Å². The van der Waals surface area contributed by atoms with Crippen molar-refractivity contribution in [1.82, 2.24) is 10.2 Å². The summed E-state index contributed by atoms with van der Waals surface area (Å²) in [5.41, 5.74) is 4.65. The molecular formula is C27H36N4O3. The number of allylic oxidation sites excluding steroid dienone is 1. The first-order valence-electron chi connectivity index (χ1n) is 11.9. The molecule has 2 aromatic carbocycles. The zero-order chi connectivity index (χ0) is 24.7. The van der Waals surface area contributed by atoms with Crippen LogP contribution in [0.15, 0.2) is 49.1 Å². The van der Waals surface area contributed by atoms with E-state index in [2.05, 4.69) is 47.1 Å². The summed E-state index contributed by atoms with van der Waals surface area (Å²) in [5, 5.41) is 5.80. The average molecular weight is 465 g/mol. The molecule has 182 valence electrons. The molecule has 3 rings (SSSR count). The number of hydrogen-bond acceptors (Lipinski definition) is 5. The number of nitrogens with one attached hydrogen (secondary N) is 2. The van der Waals surface area contributed by atoms with E-state index in [-0.39, 0.29) is 11.8 Å². The number of carbonyl (C=O) groups is 2. The molecule has 0 bridgehead atoms. The van der Waals surface area contributed by atoms with E-state index in [0.717, 1.165) is 54.4 Å². The van der Waals surface area contributed by atoms with Crippen LogP contribution in [0.25, 0.3) is 0 Å². The molecule has 1 unspecified atom stereocenters. The Hall–Kier alpha value is -3.32. The molecular weight excluding hydrogens is 428 g/mol. The first kappa shape index (κ1) is 25.3. The average Bonchev–Trinajstić information content (AvgIpc) is 2.81. The van der Waals surface area contributed by atoms with Crippen LogP contribution < -0.4 is 20.3 Å². The first-order valence-corrected chi connectivity index (χ1v) is 11.9. The highest BCUT2D eigenvalue weighted by Gasteiger charge is 2.26. The number of fused-ring (bicyclic) bond motifs is 1. The van der Waals surface area contributed by atoms with Crippen LogP contribution in [0, 0.1) is 0 Å². The Bertz CT molecular complexity index is 1000. The predicted molar refractivity (Wildman–Crippen MR) is 138 cm³/mol. The normalized spacial score (nSPS) is 14.7. The number of carbonyl (C=O) groups excluding carboxylic acids is 2. The van der Waals surface area contributed by atoms with Gasteiger partial charge in [0.15, 0.2) is 6.10 Å². The van der Waals surface area contributed by atoms with E-state index in [1.165, 1.54) is 0 Å². The summed E-state index contributed by atoms with van der Waals surface area (Å²) in [7, 11) is 2.09. The van der Waals surface area contributed by atoms with E-state index in [4.69, 9.17) is 4.74 Å². The molecule has 0 spiro atoms. The van der Waals surface area contributed by atoms with Crippen molar-refractivity contribution in [3.63, 3.8) is 0 Å². The Morgan fingerprint density at radius 2 is 1.94 bits per heavy atom. The Morgan fingerprint density at radius 1 is 1.21 bits per heavy atom. The van der Waals surface area contributed by atoms with E-state index in [0.29, 0.717) is 18.5 Å². The molecule has 2 amide bonds. The van der Waals surface area contributed by atoms with Gasteiger partial charge in [-0.2, -0.15) is 0 Å². The maximum absolute atomic E-state index is 12.1. The summed E-state index contributed by atoms with van der Waals surface area (Å²) >= 11 is 0. The Labute approximate surface area is 202 Å². The van der Waals surface area contributed by atoms with Crippen LogP contribution in [-0.2, 0) is 17.8 Å². The number of nitrogens with zero attached hydrogens (tertiary/aromatic N) is 2. The van der Waals surface area contributed by atoms with Crippen LogP contribution in [0.1, 0.15) is 42.3 Å². The highest BCUT2D eigenvalue weighted by atomic mass is 16.5. The van der Waals surface area contributed by atoms with Crippen molar-refractivity contribution in [2.24, 2.45) is 0 Å². The molecule has 1 heterocycles. The second-order valence-corrected chi connectivity index (χ2v) is 8.60. The van der Waals surface area contributed by atoms with Crippen molar-refractivity contribution < 1.29 is 14.3 Å². The maximum Gasteiger partial charge on any atom is 0.265 e. The van der Waals surface area contributed by atoms with Crippen LogP contribution in [0.5, 0.6) is 5.75 Å². The smallest absolute Gasteiger partial charge is 0.265 e. The zero-order valence-electron chi connectivity index (χ0n) is 20.7. The van der Waals surface area contributed by atoms with Gasteiger partial charge in [0.1, 0.15) is 5.75 Å². The van der Waals surface area contributed by atoms with Crippen LogP contribution in [0.2, 0.25) is 0 Å². The van der Waals surface area contributed by atoms with Gasteiger partial charge in [0.2, 0.25) is 0 Å². The van der Waals surface area contributed by atoms with E-state index in [1.54, 1.807) is 6.92 Å². The SMILES string of the molecule is C=CCc1cc(CN(C)CCN(CC)c2ccc(C(=O)NCC)cc2)cc2c1OC(C)C(=O)N2. The molecule has 2 N–H and O–H groups in total. The molecule has 0 saturated heterocycles. The van der Waals surface area contributed by atoms with Gasteiger partial charge in [0, 0.05) is 49.5 Å². The van der Waals surface area contributed by atoms with Crippen molar-refractivity contribution in [3.05, 3.63) is 65.7 Å². The van der Waals surface area contributed by atoms with Gasteiger partial charge in [-0.25, -0.2) is 0 Å². The first-order chi connectivity index (χ1) is 16.4. The van der Waals surface area contributed by atoms with E-state index in [1.807, 2.05) is 43.3 Å². The third kappa shape index (κ3) is 6.17. The minimum absolute atomic E-state index is 0.0475. The third-order valence-corrected chi connectivity index (χ3v) is 5.93. The fourth-order valence-electron chi connectivity index (χ4n) is 4.09. The van der Waals surface area contributed by atoms with Gasteiger partial charge in [-0.3, -0.25) is 9.59 Å². The van der Waals surface area contributed by atoms with E-state index < -0.39 is 6.10 Å². The number of amides is 2. The van der Waals surface area contributed by atoms with Gasteiger partial charge >= 0.3 is 0 Å². The summed E-state index contributed by atoms with van der Waals surface area (Å²) in [5.74, 6) is 0.569. The van der Waals surface area contributed by atoms with Crippen molar-refractivity contribution in [2.75, 3.05) is 43.4 Å². The van der Waals surface area contributed by atoms with Crippen molar-refractivity contribution in [2.45, 2.75) is 39.8 Å². The lowest BCUT2D eigenvalue weighted by molar-refractivity contribution is -0.122. The summed E-state index contributed by atoms with van der Waals surface area (Å²) in [6.45, 7) is 13.6. The standard InChI is InChI=1S/C27H36N4O3/c1-6-9-22-16-20(17-24-25(22)34-19(4)26(32)29-24)18-30(5)14-15-31(8-3)23-12-10-21(11-13-23)27(33)28-7-2/h6,10-13,16-17,19H,1,7-9,14-15,18H2,2-5H3,(H,28,33)(H,29,32). The van der Waals surface area contributed by atoms with Crippen molar-refractivity contribution in [1.29, 1.82) is 0 Å². The fourth-order valence-corrected chi connectivity index (χ4v) is 4.09. The number of likely N-dealkylation sites (N-methyl/N-ethyl adjacent to an activating group) is 2. The molecule has 2 aromatic rings. The lowest BCUT2D eigenvalue weighted by Gasteiger charge is -2.28. The molecule has 0 fully saturated rings. The molecule has 1 atom stereocenters. The molecule has 0 aliphatic carbocycles. The number of hydrogen-bond donors (Lipinski definition) is 2. The highest BCUT2D eigenvalue weighted by Crippen LogP contribution is 2.35. The lowest BCUT2D eigenvalue weighted by Crippen LogP contribution is -2.35. The molecule has 0 saturated carbocycles. The zero-order valence-corrected chi connectivity index (χ0v) is 20.7. The molecule has 7 nitrogen and oxygen atoms in total. The predicted octanol–water partition coefficient (Wildman–Crippen LogP) is 3.84. The molecule has 34 heavy (non-hydrogen) atoms. The maximum atomic E-state index is 12.1. The summed E-state index contributed by atoms with van der Waals surface area (Å²) in [6, 6.07) is 11.9. The van der Waals surface area contributed by atoms with Crippen LogP contribution in [0.3, 0.4) is 0 Å². The molecule has 0 radical (unpaired) electrons. The second kappa shape index (κ2) is 11.7. The Kier molecular flexibility index (Phi) is 8.71.